The third-order valence-corrected chi connectivity index (χ3v) is 5.63. The first-order valence-corrected chi connectivity index (χ1v) is 12.9. The molecule has 0 atom stereocenters. The molecule has 0 aliphatic heterocycles. The van der Waals surface area contributed by atoms with Crippen LogP contribution in [0.5, 0.6) is 5.75 Å². The van der Waals surface area contributed by atoms with Gasteiger partial charge in [-0.15, -0.1) is 0 Å². The molecular weight excluding hydrogens is 386 g/mol. The molecule has 0 bridgehead atoms. The van der Waals surface area contributed by atoms with E-state index < -0.39 is 0 Å². The molecule has 0 aliphatic carbocycles. The van der Waals surface area contributed by atoms with E-state index in [1.807, 2.05) is 31.2 Å². The Morgan fingerprint density at radius 2 is 1.23 bits per heavy atom. The van der Waals surface area contributed by atoms with E-state index in [0.29, 0.717) is 25.4 Å². The minimum atomic E-state index is -0.00411. The van der Waals surface area contributed by atoms with Gasteiger partial charge >= 0.3 is 0 Å². The topological polar surface area (TPSA) is 47.6 Å². The molecule has 1 aromatic rings. The van der Waals surface area contributed by atoms with Gasteiger partial charge in [0.25, 0.3) is 5.91 Å². The van der Waals surface area contributed by atoms with Crippen LogP contribution in [0.1, 0.15) is 114 Å². The van der Waals surface area contributed by atoms with Gasteiger partial charge in [0.1, 0.15) is 12.4 Å². The Hall–Kier alpha value is -1.55. The summed E-state index contributed by atoms with van der Waals surface area (Å²) < 4.78 is 10.8. The van der Waals surface area contributed by atoms with E-state index in [4.69, 9.17) is 9.47 Å². The zero-order valence-corrected chi connectivity index (χ0v) is 20.3. The number of unbranched alkanes of at least 4 members (excludes halogenated alkanes) is 13. The van der Waals surface area contributed by atoms with Crippen LogP contribution in [-0.2, 0) is 4.74 Å². The molecule has 0 spiro atoms. The lowest BCUT2D eigenvalue weighted by molar-refractivity contribution is 0.0952. The molecule has 0 unspecified atom stereocenters. The summed E-state index contributed by atoms with van der Waals surface area (Å²) in [7, 11) is 0. The predicted octanol–water partition coefficient (Wildman–Crippen LogP) is 7.31. The molecule has 31 heavy (non-hydrogen) atoms. The summed E-state index contributed by atoms with van der Waals surface area (Å²) in [6, 6.07) is 7.31. The Balaban J connectivity index is 1.92. The summed E-state index contributed by atoms with van der Waals surface area (Å²) in [6.45, 7) is 6.80. The van der Waals surface area contributed by atoms with Gasteiger partial charge in [-0.2, -0.15) is 0 Å². The van der Waals surface area contributed by atoms with Crippen molar-refractivity contribution in [2.24, 2.45) is 0 Å². The number of nitrogens with one attached hydrogen (secondary N) is 1. The lowest BCUT2D eigenvalue weighted by atomic mass is 10.0. The second kappa shape index (κ2) is 20.4. The van der Waals surface area contributed by atoms with Crippen LogP contribution in [0, 0.1) is 0 Å². The number of rotatable bonds is 21. The van der Waals surface area contributed by atoms with Crippen molar-refractivity contribution in [3.63, 3.8) is 0 Å². The Labute approximate surface area is 191 Å². The molecule has 0 saturated carbocycles. The summed E-state index contributed by atoms with van der Waals surface area (Å²) >= 11 is 0. The van der Waals surface area contributed by atoms with E-state index in [2.05, 4.69) is 12.2 Å². The average Bonchev–Trinajstić information content (AvgIpc) is 2.79. The van der Waals surface area contributed by atoms with Crippen molar-refractivity contribution in [1.29, 1.82) is 0 Å². The highest BCUT2D eigenvalue weighted by molar-refractivity contribution is 5.94. The Bertz CT molecular complexity index is 530. The van der Waals surface area contributed by atoms with Crippen molar-refractivity contribution in [2.45, 2.75) is 104 Å². The minimum absolute atomic E-state index is 0.00411. The smallest absolute Gasteiger partial charge is 0.251 e. The molecule has 4 nitrogen and oxygen atoms in total. The lowest BCUT2D eigenvalue weighted by Crippen LogP contribution is -2.24. The summed E-state index contributed by atoms with van der Waals surface area (Å²) in [5, 5.41) is 3.02. The normalized spacial score (nSPS) is 10.9. The number of benzene rings is 1. The lowest BCUT2D eigenvalue weighted by Gasteiger charge is -2.08. The summed E-state index contributed by atoms with van der Waals surface area (Å²) in [5.41, 5.74) is 0.683. The highest BCUT2D eigenvalue weighted by Gasteiger charge is 2.05. The number of hydrogen-bond acceptors (Lipinski definition) is 3. The van der Waals surface area contributed by atoms with Gasteiger partial charge in [-0.1, -0.05) is 90.4 Å². The van der Waals surface area contributed by atoms with Gasteiger partial charge in [-0.25, -0.2) is 0 Å². The first-order chi connectivity index (χ1) is 15.3. The highest BCUT2D eigenvalue weighted by Crippen LogP contribution is 2.14. The highest BCUT2D eigenvalue weighted by atomic mass is 16.5. The minimum Gasteiger partial charge on any atom is -0.491 e. The fraction of sp³-hybridized carbons (Fsp3) is 0.741. The number of amides is 1. The molecule has 1 amide bonds. The van der Waals surface area contributed by atoms with E-state index >= 15 is 0 Å². The molecule has 0 fully saturated rings. The van der Waals surface area contributed by atoms with E-state index in [0.717, 1.165) is 18.7 Å². The maximum Gasteiger partial charge on any atom is 0.251 e. The van der Waals surface area contributed by atoms with Crippen molar-refractivity contribution in [3.05, 3.63) is 29.8 Å². The zero-order chi connectivity index (χ0) is 22.4. The molecular formula is C27H47NO3. The van der Waals surface area contributed by atoms with E-state index in [-0.39, 0.29) is 5.91 Å². The summed E-state index contributed by atoms with van der Waals surface area (Å²) in [6.07, 6.45) is 18.9. The summed E-state index contributed by atoms with van der Waals surface area (Å²) in [4.78, 5) is 12.2. The van der Waals surface area contributed by atoms with Crippen LogP contribution in [0.2, 0.25) is 0 Å². The number of ether oxygens (including phenoxy) is 2. The predicted molar refractivity (Wildman–Crippen MR) is 131 cm³/mol. The monoisotopic (exact) mass is 433 g/mol. The van der Waals surface area contributed by atoms with Gasteiger partial charge in [0, 0.05) is 18.7 Å². The van der Waals surface area contributed by atoms with Crippen LogP contribution < -0.4 is 10.1 Å². The molecule has 0 aromatic heterocycles. The van der Waals surface area contributed by atoms with Crippen molar-refractivity contribution >= 4 is 5.91 Å². The SMILES string of the molecule is CCCCCCCCCCCCCCCCNC(=O)c1ccc(OCCOCC)cc1. The van der Waals surface area contributed by atoms with Crippen LogP contribution in [0.25, 0.3) is 0 Å². The number of hydrogen-bond donors (Lipinski definition) is 1. The van der Waals surface area contributed by atoms with Crippen LogP contribution in [-0.4, -0.2) is 32.3 Å². The molecule has 0 heterocycles. The Morgan fingerprint density at radius 1 is 0.710 bits per heavy atom. The standard InChI is InChI=1S/C27H47NO3/c1-3-5-6-7-8-9-10-11-12-13-14-15-16-17-22-28-27(29)25-18-20-26(21-19-25)31-24-23-30-4-2/h18-21H,3-17,22-24H2,1-2H3,(H,28,29). The maximum absolute atomic E-state index is 12.2. The van der Waals surface area contributed by atoms with Crippen LogP contribution in [0.3, 0.4) is 0 Å². The zero-order valence-electron chi connectivity index (χ0n) is 20.3. The van der Waals surface area contributed by atoms with Crippen LogP contribution in [0.4, 0.5) is 0 Å². The Morgan fingerprint density at radius 3 is 1.74 bits per heavy atom. The van der Waals surface area contributed by atoms with E-state index in [1.165, 1.54) is 83.5 Å². The number of carbonyl (C=O) groups is 1. The van der Waals surface area contributed by atoms with Gasteiger partial charge in [0.05, 0.1) is 6.61 Å². The fourth-order valence-electron chi connectivity index (χ4n) is 3.69. The molecule has 1 aromatic carbocycles. The van der Waals surface area contributed by atoms with Crippen molar-refractivity contribution in [2.75, 3.05) is 26.4 Å². The molecule has 178 valence electrons. The second-order valence-corrected chi connectivity index (χ2v) is 8.42. The Kier molecular flexibility index (Phi) is 18.0. The van der Waals surface area contributed by atoms with Crippen molar-refractivity contribution in [3.8, 4) is 5.75 Å². The average molecular weight is 434 g/mol. The third-order valence-electron chi connectivity index (χ3n) is 5.63. The van der Waals surface area contributed by atoms with Gasteiger partial charge in [-0.05, 0) is 37.6 Å². The first-order valence-electron chi connectivity index (χ1n) is 12.9. The fourth-order valence-corrected chi connectivity index (χ4v) is 3.69. The van der Waals surface area contributed by atoms with E-state index in [9.17, 15) is 4.79 Å². The quantitative estimate of drug-likeness (QED) is 0.207. The van der Waals surface area contributed by atoms with Crippen molar-refractivity contribution in [1.82, 2.24) is 5.32 Å². The van der Waals surface area contributed by atoms with Gasteiger partial charge in [-0.3, -0.25) is 4.79 Å². The van der Waals surface area contributed by atoms with Crippen LogP contribution in [0.15, 0.2) is 24.3 Å². The molecule has 1 rings (SSSR count). The van der Waals surface area contributed by atoms with Gasteiger partial charge < -0.3 is 14.8 Å². The molecule has 0 radical (unpaired) electrons. The molecule has 1 N–H and O–H groups in total. The molecule has 0 saturated heterocycles. The third kappa shape index (κ3) is 15.8. The molecule has 4 heteroatoms. The second-order valence-electron chi connectivity index (χ2n) is 8.42. The largest absolute Gasteiger partial charge is 0.491 e. The van der Waals surface area contributed by atoms with Gasteiger partial charge in [0.2, 0.25) is 0 Å². The number of carbonyl (C=O) groups excluding carboxylic acids is 1. The van der Waals surface area contributed by atoms with Crippen LogP contribution >= 0.6 is 0 Å². The molecule has 0 aliphatic rings. The summed E-state index contributed by atoms with van der Waals surface area (Å²) in [5.74, 6) is 0.763. The van der Waals surface area contributed by atoms with E-state index in [1.54, 1.807) is 0 Å². The van der Waals surface area contributed by atoms with Crippen molar-refractivity contribution < 1.29 is 14.3 Å². The maximum atomic E-state index is 12.2. The van der Waals surface area contributed by atoms with Gasteiger partial charge in [0.15, 0.2) is 0 Å². The first kappa shape index (κ1) is 27.5.